The van der Waals surface area contributed by atoms with Crippen LogP contribution in [0.5, 0.6) is 0 Å². The molecule has 0 atom stereocenters. The quantitative estimate of drug-likeness (QED) is 0.429. The predicted octanol–water partition coefficient (Wildman–Crippen LogP) is -0.301. The second-order valence-corrected chi connectivity index (χ2v) is 3.20. The fourth-order valence-corrected chi connectivity index (χ4v) is 1.86. The second-order valence-electron chi connectivity index (χ2n) is 1.67. The number of hydrogen-bond acceptors (Lipinski definition) is 1. The average molecular weight is 148 g/mol. The smallest absolute Gasteiger partial charge is 0.161 e. The summed E-state index contributed by atoms with van der Waals surface area (Å²) in [5.74, 6) is 0. The zero-order valence-corrected chi connectivity index (χ0v) is 9.36. The first-order valence-corrected chi connectivity index (χ1v) is 7.15. The van der Waals surface area contributed by atoms with Crippen LogP contribution in [-0.4, -0.2) is 26.6 Å². The molecule has 0 saturated carbocycles. The first-order valence-electron chi connectivity index (χ1n) is 3.58. The highest BCUT2D eigenvalue weighted by atomic mass is 28.2. The highest BCUT2D eigenvalue weighted by molar-refractivity contribution is 6.27. The number of rotatable bonds is 0. The van der Waals surface area contributed by atoms with E-state index in [0.29, 0.717) is 0 Å². The largest absolute Gasteiger partial charge is 0.424 e. The molecule has 3 heteroatoms. The van der Waals surface area contributed by atoms with Crippen molar-refractivity contribution in [3.8, 4) is 0 Å². The fraction of sp³-hybridized carbons (Fsp3) is 1.00. The van der Waals surface area contributed by atoms with Crippen LogP contribution in [0.4, 0.5) is 0 Å². The third-order valence-electron chi connectivity index (χ3n) is 1.08. The second kappa shape index (κ2) is 7.39. The molecule has 0 spiro atoms. The van der Waals surface area contributed by atoms with Crippen LogP contribution < -0.4 is 0 Å². The lowest BCUT2D eigenvalue weighted by Gasteiger charge is -2.07. The lowest BCUT2D eigenvalue weighted by atomic mass is 10.4. The fourth-order valence-electron chi connectivity index (χ4n) is 0.687. The maximum absolute atomic E-state index is 5.21. The van der Waals surface area contributed by atoms with Gasteiger partial charge in [-0.3, -0.25) is 0 Å². The maximum atomic E-state index is 5.21. The van der Waals surface area contributed by atoms with Crippen molar-refractivity contribution in [3.63, 3.8) is 0 Å². The van der Waals surface area contributed by atoms with Crippen molar-refractivity contribution in [2.24, 2.45) is 0 Å². The van der Waals surface area contributed by atoms with Gasteiger partial charge in [-0.05, 0) is 22.7 Å². The standard InChI is InChI=1S/C4H10OSi.CH6Si/c1-2-4-6-5-3-1;1-2/h1-4,6H2;1-2H3. The van der Waals surface area contributed by atoms with Gasteiger partial charge in [-0.25, -0.2) is 0 Å². The van der Waals surface area contributed by atoms with Gasteiger partial charge in [0.05, 0.1) is 0 Å². The molecular formula is C5H16OSi2. The summed E-state index contributed by atoms with van der Waals surface area (Å²) in [7, 11) is 1.31. The van der Waals surface area contributed by atoms with Crippen molar-refractivity contribution >= 4 is 20.0 Å². The van der Waals surface area contributed by atoms with Gasteiger partial charge in [-0.1, -0.05) is 13.0 Å². The van der Waals surface area contributed by atoms with E-state index in [9.17, 15) is 0 Å². The molecule has 0 aromatic heterocycles. The first-order chi connectivity index (χ1) is 4.00. The Morgan fingerprint density at radius 2 is 2.12 bits per heavy atom. The summed E-state index contributed by atoms with van der Waals surface area (Å²) in [5.41, 5.74) is 0. The van der Waals surface area contributed by atoms with Crippen molar-refractivity contribution in [1.82, 2.24) is 0 Å². The van der Waals surface area contributed by atoms with Gasteiger partial charge in [0.25, 0.3) is 0 Å². The predicted molar refractivity (Wildman–Crippen MR) is 44.3 cm³/mol. The Bertz CT molecular complexity index is 25.9. The normalized spacial score (nSPS) is 22.1. The van der Waals surface area contributed by atoms with Crippen molar-refractivity contribution in [3.05, 3.63) is 0 Å². The van der Waals surface area contributed by atoms with E-state index in [1.807, 2.05) is 0 Å². The van der Waals surface area contributed by atoms with E-state index in [0.717, 1.165) is 6.61 Å². The summed E-state index contributed by atoms with van der Waals surface area (Å²) in [6, 6.07) is 1.42. The number of hydrogen-bond donors (Lipinski definition) is 0. The molecule has 1 rings (SSSR count). The molecule has 0 aliphatic carbocycles. The molecule has 1 heterocycles. The molecule has 1 nitrogen and oxygen atoms in total. The first kappa shape index (κ1) is 8.39. The molecule has 0 radical (unpaired) electrons. The molecule has 1 fully saturated rings. The Kier molecular flexibility index (Phi) is 7.76. The summed E-state index contributed by atoms with van der Waals surface area (Å²) in [5, 5.41) is 0. The molecule has 1 aliphatic heterocycles. The van der Waals surface area contributed by atoms with Crippen LogP contribution in [0.25, 0.3) is 0 Å². The van der Waals surface area contributed by atoms with Crippen LogP contribution in [-0.2, 0) is 4.43 Å². The van der Waals surface area contributed by atoms with Gasteiger partial charge in [0.1, 0.15) is 0 Å². The SMILES string of the molecule is C1CC[SiH2]OC1.C[SiH3]. The van der Waals surface area contributed by atoms with Crippen LogP contribution in [0.15, 0.2) is 0 Å². The van der Waals surface area contributed by atoms with E-state index in [-0.39, 0.29) is 9.76 Å². The Labute approximate surface area is 57.2 Å². The Balaban J connectivity index is 0.000000222. The van der Waals surface area contributed by atoms with Crippen molar-refractivity contribution in [1.29, 1.82) is 0 Å². The summed E-state index contributed by atoms with van der Waals surface area (Å²) in [6.45, 7) is 3.20. The van der Waals surface area contributed by atoms with E-state index in [1.165, 1.54) is 29.1 Å². The Morgan fingerprint density at radius 1 is 1.38 bits per heavy atom. The highest BCUT2D eigenvalue weighted by Crippen LogP contribution is 2.01. The molecule has 0 aromatic carbocycles. The average Bonchev–Trinajstić information content (AvgIpc) is 1.96. The summed E-state index contributed by atoms with van der Waals surface area (Å²) in [6.07, 6.45) is 2.75. The zero-order valence-electron chi connectivity index (χ0n) is 5.94. The van der Waals surface area contributed by atoms with E-state index >= 15 is 0 Å². The molecule has 0 aromatic rings. The third kappa shape index (κ3) is 4.55. The monoisotopic (exact) mass is 148 g/mol. The minimum Gasteiger partial charge on any atom is -0.424 e. The minimum atomic E-state index is 0.00849. The molecular weight excluding hydrogens is 132 g/mol. The summed E-state index contributed by atoms with van der Waals surface area (Å²) < 4.78 is 5.21. The van der Waals surface area contributed by atoms with Gasteiger partial charge < -0.3 is 4.43 Å². The van der Waals surface area contributed by atoms with Gasteiger partial charge in [-0.15, -0.1) is 0 Å². The van der Waals surface area contributed by atoms with Crippen LogP contribution in [0.1, 0.15) is 12.8 Å². The van der Waals surface area contributed by atoms with Gasteiger partial charge in [0.2, 0.25) is 0 Å². The Morgan fingerprint density at radius 3 is 2.25 bits per heavy atom. The van der Waals surface area contributed by atoms with Gasteiger partial charge >= 0.3 is 0 Å². The molecule has 0 amide bonds. The Hall–Kier alpha value is 0.394. The topological polar surface area (TPSA) is 9.23 Å². The van der Waals surface area contributed by atoms with Crippen molar-refractivity contribution in [2.45, 2.75) is 25.4 Å². The molecule has 0 unspecified atom stereocenters. The van der Waals surface area contributed by atoms with Gasteiger partial charge in [-0.2, -0.15) is 0 Å². The van der Waals surface area contributed by atoms with Crippen LogP contribution in [0, 0.1) is 0 Å². The summed E-state index contributed by atoms with van der Waals surface area (Å²) >= 11 is 0. The lowest BCUT2D eigenvalue weighted by Crippen LogP contribution is -2.06. The molecule has 50 valence electrons. The minimum absolute atomic E-state index is 0.00849. The van der Waals surface area contributed by atoms with Crippen LogP contribution in [0.3, 0.4) is 0 Å². The molecule has 0 N–H and O–H groups in total. The van der Waals surface area contributed by atoms with Crippen LogP contribution in [0.2, 0.25) is 12.6 Å². The van der Waals surface area contributed by atoms with Gasteiger partial charge in [0, 0.05) is 6.61 Å². The van der Waals surface area contributed by atoms with Crippen molar-refractivity contribution < 1.29 is 4.43 Å². The molecule has 1 aliphatic rings. The highest BCUT2D eigenvalue weighted by Gasteiger charge is 1.96. The van der Waals surface area contributed by atoms with Gasteiger partial charge in [0.15, 0.2) is 9.76 Å². The third-order valence-corrected chi connectivity index (χ3v) is 2.44. The summed E-state index contributed by atoms with van der Waals surface area (Å²) in [4.78, 5) is 0. The molecule has 1 saturated heterocycles. The lowest BCUT2D eigenvalue weighted by molar-refractivity contribution is 0.304. The molecule has 0 bridgehead atoms. The van der Waals surface area contributed by atoms with E-state index in [1.54, 1.807) is 0 Å². The van der Waals surface area contributed by atoms with Crippen LogP contribution >= 0.6 is 0 Å². The molecule has 8 heavy (non-hydrogen) atoms. The maximum Gasteiger partial charge on any atom is 0.161 e. The van der Waals surface area contributed by atoms with E-state index in [2.05, 4.69) is 6.55 Å². The zero-order chi connectivity index (χ0) is 6.24. The van der Waals surface area contributed by atoms with Crippen molar-refractivity contribution in [2.75, 3.05) is 6.61 Å². The van der Waals surface area contributed by atoms with E-state index in [4.69, 9.17) is 4.43 Å². The van der Waals surface area contributed by atoms with E-state index < -0.39 is 0 Å².